The Kier molecular flexibility index (Phi) is 4.01. The lowest BCUT2D eigenvalue weighted by Gasteiger charge is -2.35. The molecule has 1 aromatic heterocycles. The number of fused-ring (bicyclic) bond motifs is 4. The standard InChI is InChI=1S/C23H23NO3/c1-2-15-12-22(25)27-23-18(15)10-11-21-19(23)13-24(14-26-21)20-9-5-7-16-6-3-4-8-17(16)20/h3-4,6,8,10-12,20H,2,5,7,9,13-14H2,1H3/p+1/t20-/m1/s1. The van der Waals surface area contributed by atoms with Crippen molar-refractivity contribution in [3.8, 4) is 5.75 Å². The van der Waals surface area contributed by atoms with Gasteiger partial charge in [0.1, 0.15) is 18.3 Å². The van der Waals surface area contributed by atoms with Crippen molar-refractivity contribution in [3.63, 3.8) is 0 Å². The summed E-state index contributed by atoms with van der Waals surface area (Å²) >= 11 is 0. The van der Waals surface area contributed by atoms with Crippen molar-refractivity contribution in [2.45, 2.75) is 45.2 Å². The van der Waals surface area contributed by atoms with Gasteiger partial charge in [-0.2, -0.15) is 0 Å². The van der Waals surface area contributed by atoms with E-state index in [4.69, 9.17) is 9.15 Å². The van der Waals surface area contributed by atoms with Gasteiger partial charge in [-0.25, -0.2) is 4.79 Å². The monoisotopic (exact) mass is 362 g/mol. The van der Waals surface area contributed by atoms with E-state index in [1.165, 1.54) is 28.9 Å². The van der Waals surface area contributed by atoms with Gasteiger partial charge < -0.3 is 9.15 Å². The lowest BCUT2D eigenvalue weighted by Crippen LogP contribution is -3.12. The van der Waals surface area contributed by atoms with Crippen LogP contribution < -0.4 is 15.3 Å². The number of aryl methyl sites for hydroxylation is 2. The fraction of sp³-hybridized carbons (Fsp3) is 0.348. The van der Waals surface area contributed by atoms with Gasteiger partial charge in [0.2, 0.25) is 6.73 Å². The van der Waals surface area contributed by atoms with Crippen LogP contribution in [0.1, 0.15) is 48.1 Å². The molecule has 0 amide bonds. The number of hydrogen-bond donors (Lipinski definition) is 1. The zero-order chi connectivity index (χ0) is 18.4. The van der Waals surface area contributed by atoms with Gasteiger partial charge in [-0.1, -0.05) is 31.2 Å². The molecule has 5 rings (SSSR count). The Balaban J connectivity index is 1.58. The lowest BCUT2D eigenvalue weighted by molar-refractivity contribution is -0.963. The van der Waals surface area contributed by atoms with Crippen molar-refractivity contribution in [2.24, 2.45) is 0 Å². The summed E-state index contributed by atoms with van der Waals surface area (Å²) in [5, 5.41) is 1.03. The van der Waals surface area contributed by atoms with Crippen molar-refractivity contribution in [1.82, 2.24) is 0 Å². The molecule has 2 atom stereocenters. The van der Waals surface area contributed by atoms with E-state index in [9.17, 15) is 4.79 Å². The lowest BCUT2D eigenvalue weighted by atomic mass is 9.86. The van der Waals surface area contributed by atoms with Gasteiger partial charge in [0.25, 0.3) is 0 Å². The first-order chi connectivity index (χ1) is 13.2. The van der Waals surface area contributed by atoms with Crippen LogP contribution in [0.25, 0.3) is 11.0 Å². The summed E-state index contributed by atoms with van der Waals surface area (Å²) in [6.07, 6.45) is 4.35. The third-order valence-electron chi connectivity index (χ3n) is 6.12. The SMILES string of the molecule is CCc1cc(=O)oc2c3c(ccc12)OC[NH+]([C@@H]1CCCc2ccccc21)C3. The molecule has 0 spiro atoms. The Hall–Kier alpha value is -2.59. The minimum absolute atomic E-state index is 0.275. The second-order valence-corrected chi connectivity index (χ2v) is 7.63. The fourth-order valence-electron chi connectivity index (χ4n) is 4.77. The third kappa shape index (κ3) is 2.76. The summed E-state index contributed by atoms with van der Waals surface area (Å²) < 4.78 is 11.8. The number of rotatable bonds is 2. The molecule has 4 nitrogen and oxygen atoms in total. The molecule has 0 saturated heterocycles. The molecule has 1 N–H and O–H groups in total. The fourth-order valence-corrected chi connectivity index (χ4v) is 4.77. The summed E-state index contributed by atoms with van der Waals surface area (Å²) in [5.41, 5.74) is 5.41. The summed E-state index contributed by atoms with van der Waals surface area (Å²) in [5.74, 6) is 0.853. The Bertz CT molecular complexity index is 1070. The van der Waals surface area contributed by atoms with Crippen molar-refractivity contribution in [3.05, 3.63) is 75.1 Å². The van der Waals surface area contributed by atoms with Gasteiger partial charge in [0.15, 0.2) is 5.58 Å². The topological polar surface area (TPSA) is 43.9 Å². The number of quaternary nitrogens is 1. The van der Waals surface area contributed by atoms with Gasteiger partial charge in [-0.05, 0) is 42.5 Å². The van der Waals surface area contributed by atoms with Crippen LogP contribution >= 0.6 is 0 Å². The molecule has 2 aromatic carbocycles. The smallest absolute Gasteiger partial charge is 0.336 e. The maximum Gasteiger partial charge on any atom is 0.336 e. The quantitative estimate of drug-likeness (QED) is 0.712. The predicted molar refractivity (Wildman–Crippen MR) is 104 cm³/mol. The Morgan fingerprint density at radius 2 is 2.07 bits per heavy atom. The van der Waals surface area contributed by atoms with Gasteiger partial charge >= 0.3 is 5.63 Å². The second-order valence-electron chi connectivity index (χ2n) is 7.63. The first kappa shape index (κ1) is 16.6. The zero-order valence-electron chi connectivity index (χ0n) is 15.6. The molecular formula is C23H24NO3+. The average molecular weight is 362 g/mol. The van der Waals surface area contributed by atoms with E-state index >= 15 is 0 Å². The Labute approximate surface area is 158 Å². The van der Waals surface area contributed by atoms with Crippen molar-refractivity contribution in [2.75, 3.05) is 6.73 Å². The molecule has 1 unspecified atom stereocenters. The predicted octanol–water partition coefficient (Wildman–Crippen LogP) is 3.17. The number of ether oxygens (including phenoxy) is 1. The highest BCUT2D eigenvalue weighted by Crippen LogP contribution is 2.32. The maximum absolute atomic E-state index is 12.1. The molecule has 1 aliphatic carbocycles. The third-order valence-corrected chi connectivity index (χ3v) is 6.12. The van der Waals surface area contributed by atoms with E-state index in [0.29, 0.717) is 18.4 Å². The summed E-state index contributed by atoms with van der Waals surface area (Å²) in [6, 6.07) is 14.9. The molecule has 2 heterocycles. The van der Waals surface area contributed by atoms with Gasteiger partial charge in [0, 0.05) is 23.4 Å². The summed E-state index contributed by atoms with van der Waals surface area (Å²) in [4.78, 5) is 13.5. The molecule has 0 fully saturated rings. The van der Waals surface area contributed by atoms with E-state index in [-0.39, 0.29) is 5.63 Å². The minimum Gasteiger partial charge on any atom is -0.445 e. The van der Waals surface area contributed by atoms with E-state index in [1.807, 2.05) is 12.1 Å². The van der Waals surface area contributed by atoms with Crippen LogP contribution in [0.5, 0.6) is 5.75 Å². The highest BCUT2D eigenvalue weighted by atomic mass is 16.5. The first-order valence-corrected chi connectivity index (χ1v) is 9.88. The largest absolute Gasteiger partial charge is 0.445 e. The van der Waals surface area contributed by atoms with Crippen LogP contribution in [-0.2, 0) is 19.4 Å². The van der Waals surface area contributed by atoms with Crippen LogP contribution in [-0.4, -0.2) is 6.73 Å². The molecule has 3 aromatic rings. The van der Waals surface area contributed by atoms with E-state index in [2.05, 4.69) is 31.2 Å². The molecule has 0 radical (unpaired) electrons. The minimum atomic E-state index is -0.275. The summed E-state index contributed by atoms with van der Waals surface area (Å²) in [6.45, 7) is 3.54. The van der Waals surface area contributed by atoms with E-state index in [0.717, 1.165) is 41.6 Å². The van der Waals surface area contributed by atoms with E-state index in [1.54, 1.807) is 6.07 Å². The Morgan fingerprint density at radius 3 is 2.96 bits per heavy atom. The maximum atomic E-state index is 12.1. The van der Waals surface area contributed by atoms with E-state index < -0.39 is 0 Å². The number of nitrogens with one attached hydrogen (secondary N) is 1. The molecule has 0 bridgehead atoms. The molecule has 2 aliphatic rings. The molecule has 138 valence electrons. The zero-order valence-corrected chi connectivity index (χ0v) is 15.6. The molecule has 0 saturated carbocycles. The van der Waals surface area contributed by atoms with Crippen LogP contribution in [0.2, 0.25) is 0 Å². The second kappa shape index (κ2) is 6.54. The first-order valence-electron chi connectivity index (χ1n) is 9.88. The summed E-state index contributed by atoms with van der Waals surface area (Å²) in [7, 11) is 0. The van der Waals surface area contributed by atoms with Crippen molar-refractivity contribution >= 4 is 11.0 Å². The van der Waals surface area contributed by atoms with Gasteiger partial charge in [0.05, 0.1) is 5.56 Å². The van der Waals surface area contributed by atoms with Crippen LogP contribution in [0, 0.1) is 0 Å². The number of benzene rings is 2. The van der Waals surface area contributed by atoms with Crippen LogP contribution in [0.15, 0.2) is 51.7 Å². The normalized spacial score (nSPS) is 21.4. The highest BCUT2D eigenvalue weighted by Gasteiger charge is 2.34. The highest BCUT2D eigenvalue weighted by molar-refractivity contribution is 5.85. The molecule has 27 heavy (non-hydrogen) atoms. The van der Waals surface area contributed by atoms with Crippen LogP contribution in [0.4, 0.5) is 0 Å². The van der Waals surface area contributed by atoms with Gasteiger partial charge in [-0.15, -0.1) is 0 Å². The Morgan fingerprint density at radius 1 is 1.19 bits per heavy atom. The molecule has 4 heteroatoms. The van der Waals surface area contributed by atoms with Crippen LogP contribution in [0.3, 0.4) is 0 Å². The van der Waals surface area contributed by atoms with Crippen molar-refractivity contribution < 1.29 is 14.1 Å². The number of hydrogen-bond acceptors (Lipinski definition) is 3. The molecular weight excluding hydrogens is 338 g/mol. The van der Waals surface area contributed by atoms with Gasteiger partial charge in [-0.3, -0.25) is 4.90 Å². The molecule has 1 aliphatic heterocycles. The average Bonchev–Trinajstić information content (AvgIpc) is 2.72. The van der Waals surface area contributed by atoms with Crippen molar-refractivity contribution in [1.29, 1.82) is 0 Å².